The average Bonchev–Trinajstić information content (AvgIpc) is 0.668. The van der Waals surface area contributed by atoms with Crippen molar-refractivity contribution < 1.29 is 142 Å². The zero-order valence-electron chi connectivity index (χ0n) is 52.9. The number of esters is 3. The van der Waals surface area contributed by atoms with E-state index in [0.717, 1.165) is 11.9 Å². The van der Waals surface area contributed by atoms with Crippen LogP contribution in [0.4, 0.5) is 0 Å². The minimum atomic E-state index is -2.33. The number of allylic oxidation sites excluding steroid dienone is 3. The maximum atomic E-state index is 14.3. The smallest absolute Gasteiger partial charge is 0.335 e. The van der Waals surface area contributed by atoms with E-state index in [4.69, 9.17) is 52.1 Å². The lowest BCUT2D eigenvalue weighted by Crippen LogP contribution is -2.73. The molecule has 29 nitrogen and oxygen atoms in total. The number of aliphatic carboxylic acids is 1. The fourth-order valence-corrected chi connectivity index (χ4v) is 17.6. The third-order valence-corrected chi connectivity index (χ3v) is 22.8. The zero-order chi connectivity index (χ0) is 67.2. The highest BCUT2D eigenvalue weighted by Crippen LogP contribution is 2.76. The maximum absolute atomic E-state index is 14.3. The van der Waals surface area contributed by atoms with E-state index in [-0.39, 0.29) is 18.8 Å². The minimum absolute atomic E-state index is 0.0722. The lowest BCUT2D eigenvalue weighted by Gasteiger charge is -2.72. The molecule has 13 N–H and O–H groups in total. The highest BCUT2D eigenvalue weighted by Gasteiger charge is 2.75. The van der Waals surface area contributed by atoms with Crippen molar-refractivity contribution in [2.75, 3.05) is 19.8 Å². The predicted molar refractivity (Wildman–Crippen MR) is 304 cm³/mol. The molecule has 4 heterocycles. The van der Waals surface area contributed by atoms with Gasteiger partial charge in [-0.2, -0.15) is 0 Å². The van der Waals surface area contributed by atoms with E-state index < -0.39 is 236 Å². The third kappa shape index (κ3) is 12.2. The number of hydrogen-bond acceptors (Lipinski definition) is 28. The van der Waals surface area contributed by atoms with E-state index in [1.54, 1.807) is 26.8 Å². The second kappa shape index (κ2) is 26.7. The number of aliphatic hydroxyl groups excluding tert-OH is 12. The number of aldehydes is 1. The SMILES string of the molecule is C/C=C(/C)C(=O)O[C@H]1[C@H](OC(C)=O)[C@]2(CO)[C@H](OC(C)=O)C[C@]3(C)C(=CC[C@@H]4[C@@]5(C)CC[C@H](O[C@@H]6O[C@H](C(=O)O)[C@@H](O)[C@H](O[C@@H]7O[C@H](O)[C@H](O)C[C@H]7O[C@@H]7O[C@H](CO)[C@@H](O)[C@H](O)[C@H]7O)[C@H]6O[C@@H]6O[C@H](CO)[C@H](O)[C@H](O)[C@H]6O)[C@@](C)(C=O)[C@@H]5CC[C@]43C)[C@@H]2CC1(C)C. The van der Waals surface area contributed by atoms with Gasteiger partial charge in [-0.25, -0.2) is 9.59 Å². The summed E-state index contributed by atoms with van der Waals surface area (Å²) in [6.45, 7) is 15.3. The molecule has 4 aliphatic heterocycles. The van der Waals surface area contributed by atoms with E-state index in [1.165, 1.54) is 13.8 Å². The molecule has 0 radical (unpaired) electrons. The predicted octanol–water partition coefficient (Wildman–Crippen LogP) is -1.73. The topological polar surface area (TPSA) is 450 Å². The van der Waals surface area contributed by atoms with Crippen LogP contribution in [0, 0.1) is 50.2 Å². The summed E-state index contributed by atoms with van der Waals surface area (Å²) in [6.07, 6.45) is -35.8. The van der Waals surface area contributed by atoms with Crippen molar-refractivity contribution in [3.63, 3.8) is 0 Å². The first-order valence-electron chi connectivity index (χ1n) is 31.4. The highest BCUT2D eigenvalue weighted by molar-refractivity contribution is 5.87. The van der Waals surface area contributed by atoms with Gasteiger partial charge in [0.1, 0.15) is 97.8 Å². The van der Waals surface area contributed by atoms with Crippen LogP contribution in [0.5, 0.6) is 0 Å². The van der Waals surface area contributed by atoms with Crippen LogP contribution in [0.15, 0.2) is 23.3 Å². The molecule has 8 fully saturated rings. The Morgan fingerprint density at radius 3 is 1.77 bits per heavy atom. The lowest BCUT2D eigenvalue weighted by molar-refractivity contribution is -0.407. The molecular weight excluding hydrogens is 1210 g/mol. The Balaban J connectivity index is 1.07. The van der Waals surface area contributed by atoms with Gasteiger partial charge in [0.15, 0.2) is 43.7 Å². The summed E-state index contributed by atoms with van der Waals surface area (Å²) in [6, 6.07) is 0. The first-order valence-corrected chi connectivity index (χ1v) is 31.4. The standard InChI is InChI=1S/C62H94O29/c1-11-25(2)51(79)90-48-49(82-27(4)68)62(24-66)29(19-57(48,5)6)28-12-13-35-58(7)16-15-36(59(8,23-65)34(58)14-17-60(35,9)61(28,10)20-37(62)81-26(3)67)86-56-47(89-55-43(75)41(73)39(71)33(22-64)85-55)45(44(76)46(88-56)50(77)78)87-53-31(18-30(69)52(80)91-53)83-54-42(74)40(72)38(70)32(21-63)84-54/h11-12,23,29-49,52-56,63-64,66,69-76,80H,13-22,24H2,1-10H3,(H,77,78)/b25-11-/t29-,30+,31+,32+,33+,34+,35+,36-,37+,38+,39-,40-,41-,42+,43+,44-,45-,46-,47+,48-,49-,52-,53+,54+,55-,56+,58-,59-,60+,61+,62-/m0/s1. The Hall–Kier alpha value is -3.77. The first kappa shape index (κ1) is 71.5. The molecule has 0 aromatic rings. The van der Waals surface area contributed by atoms with Crippen molar-refractivity contribution in [1.82, 2.24) is 0 Å². The van der Waals surface area contributed by atoms with E-state index in [2.05, 4.69) is 26.8 Å². The van der Waals surface area contributed by atoms with Gasteiger partial charge in [0.05, 0.1) is 36.8 Å². The average molecular weight is 1300 g/mol. The van der Waals surface area contributed by atoms with Gasteiger partial charge in [-0.3, -0.25) is 9.59 Å². The third-order valence-electron chi connectivity index (χ3n) is 22.8. The molecule has 4 saturated heterocycles. The van der Waals surface area contributed by atoms with Crippen molar-refractivity contribution in [3.8, 4) is 0 Å². The van der Waals surface area contributed by atoms with Crippen molar-refractivity contribution in [2.24, 2.45) is 50.2 Å². The number of carboxylic acids is 1. The summed E-state index contributed by atoms with van der Waals surface area (Å²) >= 11 is 0. The summed E-state index contributed by atoms with van der Waals surface area (Å²) in [5.74, 6) is -5.11. The molecule has 516 valence electrons. The quantitative estimate of drug-likeness (QED) is 0.0192. The number of ether oxygens (including phenoxy) is 11. The minimum Gasteiger partial charge on any atom is -0.479 e. The van der Waals surface area contributed by atoms with E-state index in [9.17, 15) is 90.4 Å². The van der Waals surface area contributed by atoms with Gasteiger partial charge in [0, 0.05) is 31.3 Å². The molecule has 0 aromatic heterocycles. The number of hydrogen-bond donors (Lipinski definition) is 13. The highest BCUT2D eigenvalue weighted by atomic mass is 16.8. The molecule has 91 heavy (non-hydrogen) atoms. The molecule has 0 amide bonds. The molecule has 5 aliphatic carbocycles. The summed E-state index contributed by atoms with van der Waals surface area (Å²) < 4.78 is 67.2. The molecule has 0 unspecified atom stereocenters. The summed E-state index contributed by atoms with van der Waals surface area (Å²) in [5, 5.41) is 142. The number of carbonyl (C=O) groups is 5. The molecule has 0 spiro atoms. The van der Waals surface area contributed by atoms with Crippen molar-refractivity contribution in [1.29, 1.82) is 0 Å². The Morgan fingerprint density at radius 2 is 1.22 bits per heavy atom. The van der Waals surface area contributed by atoms with Crippen LogP contribution >= 0.6 is 0 Å². The maximum Gasteiger partial charge on any atom is 0.335 e. The number of carbonyl (C=O) groups excluding carboxylic acids is 4. The normalized spacial score (nSPS) is 49.7. The van der Waals surface area contributed by atoms with Crippen LogP contribution in [0.25, 0.3) is 0 Å². The van der Waals surface area contributed by atoms with Gasteiger partial charge in [-0.05, 0) is 92.8 Å². The van der Waals surface area contributed by atoms with Crippen molar-refractivity contribution in [2.45, 2.75) is 262 Å². The van der Waals surface area contributed by atoms with Gasteiger partial charge >= 0.3 is 23.9 Å². The van der Waals surface area contributed by atoms with Crippen LogP contribution in [0.3, 0.4) is 0 Å². The fraction of sp³-hybridized carbons (Fsp3) is 0.855. The summed E-state index contributed by atoms with van der Waals surface area (Å²) in [5.41, 5.74) is -4.75. The van der Waals surface area contributed by atoms with Gasteiger partial charge < -0.3 is 123 Å². The van der Waals surface area contributed by atoms with E-state index in [1.807, 2.05) is 13.8 Å². The number of fused-ring (bicyclic) bond motifs is 7. The van der Waals surface area contributed by atoms with Crippen LogP contribution in [-0.4, -0.2) is 258 Å². The second-order valence-electron chi connectivity index (χ2n) is 28.3. The Kier molecular flexibility index (Phi) is 21.0. The van der Waals surface area contributed by atoms with Gasteiger partial charge in [-0.1, -0.05) is 59.3 Å². The molecule has 29 heteroatoms. The molecule has 9 rings (SSSR count). The molecule has 0 bridgehead atoms. The monoisotopic (exact) mass is 1300 g/mol. The van der Waals surface area contributed by atoms with Crippen molar-refractivity contribution >= 4 is 30.2 Å². The fourth-order valence-electron chi connectivity index (χ4n) is 17.6. The Labute approximate surface area is 526 Å². The molecule has 9 aliphatic rings. The summed E-state index contributed by atoms with van der Waals surface area (Å²) in [4.78, 5) is 67.8. The number of rotatable bonds is 17. The van der Waals surface area contributed by atoms with E-state index >= 15 is 0 Å². The van der Waals surface area contributed by atoms with Crippen LogP contribution in [0.2, 0.25) is 0 Å². The van der Waals surface area contributed by atoms with Gasteiger partial charge in [0.25, 0.3) is 0 Å². The lowest BCUT2D eigenvalue weighted by atomic mass is 9.33. The summed E-state index contributed by atoms with van der Waals surface area (Å²) in [7, 11) is 0. The first-order chi connectivity index (χ1) is 42.6. The van der Waals surface area contributed by atoms with E-state index in [0.29, 0.717) is 37.7 Å². The van der Waals surface area contributed by atoms with Gasteiger partial charge in [0.2, 0.25) is 0 Å². The van der Waals surface area contributed by atoms with Crippen LogP contribution in [-0.2, 0) is 76.1 Å². The Bertz CT molecular complexity index is 2720. The molecule has 0 aromatic carbocycles. The largest absolute Gasteiger partial charge is 0.479 e. The Morgan fingerprint density at radius 1 is 0.626 bits per heavy atom. The van der Waals surface area contributed by atoms with Crippen LogP contribution < -0.4 is 0 Å². The van der Waals surface area contributed by atoms with Crippen molar-refractivity contribution in [3.05, 3.63) is 23.3 Å². The molecule has 31 atom stereocenters. The number of carboxylic acid groups (broad SMARTS) is 1. The van der Waals surface area contributed by atoms with Gasteiger partial charge in [-0.15, -0.1) is 0 Å². The van der Waals surface area contributed by atoms with Crippen LogP contribution in [0.1, 0.15) is 121 Å². The second-order valence-corrected chi connectivity index (χ2v) is 28.3. The zero-order valence-corrected chi connectivity index (χ0v) is 52.9. The molecule has 4 saturated carbocycles. The molecular formula is C62H94O29. The number of aliphatic hydroxyl groups is 12.